The molecule has 1 aliphatic heterocycles. The molecule has 1 fully saturated rings. The zero-order valence-corrected chi connectivity index (χ0v) is 27.3. The van der Waals surface area contributed by atoms with Crippen LogP contribution in [0, 0.1) is 0 Å². The average molecular weight is 665 g/mol. The van der Waals surface area contributed by atoms with E-state index in [1.54, 1.807) is 25.2 Å². The molecule has 0 amide bonds. The maximum atomic E-state index is 13.3. The second kappa shape index (κ2) is 14.9. The van der Waals surface area contributed by atoms with E-state index in [2.05, 4.69) is 15.0 Å². The number of carbonyl (C=O) groups excluding carboxylic acids is 1. The topological polar surface area (TPSA) is 225 Å². The summed E-state index contributed by atoms with van der Waals surface area (Å²) < 4.78 is 35.4. The van der Waals surface area contributed by atoms with E-state index in [1.165, 1.54) is 8.99 Å². The minimum absolute atomic E-state index is 0.147. The maximum Gasteiger partial charge on any atom is 0.336 e. The highest BCUT2D eigenvalue weighted by Gasteiger charge is 2.39. The van der Waals surface area contributed by atoms with E-state index >= 15 is 0 Å². The van der Waals surface area contributed by atoms with Crippen molar-refractivity contribution in [1.82, 2.24) is 29.0 Å². The first-order valence-electron chi connectivity index (χ1n) is 14.6. The lowest BCUT2D eigenvalue weighted by Crippen LogP contribution is -2.47. The number of ether oxygens (including phenoxy) is 1. The summed E-state index contributed by atoms with van der Waals surface area (Å²) in [5.74, 6) is -3.03. The zero-order chi connectivity index (χ0) is 34.4. The number of carbonyl (C=O) groups is 3. The molecule has 1 unspecified atom stereocenters. The molecule has 3 aromatic rings. The molecule has 4 N–H and O–H groups in total. The van der Waals surface area contributed by atoms with Gasteiger partial charge in [-0.2, -0.15) is 9.40 Å². The molecule has 1 aromatic carbocycles. The van der Waals surface area contributed by atoms with Gasteiger partial charge in [-0.15, -0.1) is 0 Å². The summed E-state index contributed by atoms with van der Waals surface area (Å²) in [6.45, 7) is 7.56. The van der Waals surface area contributed by atoms with E-state index in [0.717, 1.165) is 19.0 Å². The summed E-state index contributed by atoms with van der Waals surface area (Å²) in [4.78, 5) is 53.8. The molecular formula is C29H40N6O10S. The van der Waals surface area contributed by atoms with Crippen LogP contribution in [0.4, 0.5) is 0 Å². The number of carboxylic acids is 2. The van der Waals surface area contributed by atoms with Crippen LogP contribution in [0.15, 0.2) is 27.9 Å². The molecule has 46 heavy (non-hydrogen) atoms. The molecular weight excluding hydrogens is 624 g/mol. The normalized spacial score (nSPS) is 15.5. The van der Waals surface area contributed by atoms with Crippen LogP contribution >= 0.6 is 0 Å². The molecule has 2 aromatic heterocycles. The predicted octanol–water partition coefficient (Wildman–Crippen LogP) is 0.867. The molecule has 1 aliphatic rings. The highest BCUT2D eigenvalue weighted by Crippen LogP contribution is 2.32. The lowest BCUT2D eigenvalue weighted by molar-refractivity contribution is -0.167. The van der Waals surface area contributed by atoms with Gasteiger partial charge in [-0.3, -0.25) is 19.1 Å². The van der Waals surface area contributed by atoms with E-state index in [-0.39, 0.29) is 16.3 Å². The summed E-state index contributed by atoms with van der Waals surface area (Å²) in [6.07, 6.45) is -0.140. The van der Waals surface area contributed by atoms with Gasteiger partial charge in [-0.05, 0) is 45.5 Å². The van der Waals surface area contributed by atoms with Gasteiger partial charge in [0.15, 0.2) is 11.1 Å². The third-order valence-electron chi connectivity index (χ3n) is 7.24. The Kier molecular flexibility index (Phi) is 11.8. The number of hydrogen-bond donors (Lipinski definition) is 4. The third kappa shape index (κ3) is 8.34. The zero-order valence-electron chi connectivity index (χ0n) is 26.4. The van der Waals surface area contributed by atoms with Crippen LogP contribution in [0.1, 0.15) is 45.7 Å². The lowest BCUT2D eigenvalue weighted by atomic mass is 9.94. The van der Waals surface area contributed by atoms with E-state index < -0.39 is 46.2 Å². The first kappa shape index (κ1) is 36.3. The number of aromatic nitrogens is 4. The molecule has 0 saturated carbocycles. The van der Waals surface area contributed by atoms with Gasteiger partial charge in [0.1, 0.15) is 22.9 Å². The van der Waals surface area contributed by atoms with Crippen LogP contribution in [0.2, 0.25) is 0 Å². The number of Topliss-reactive ketones (excluding diaryl/α,β-unsaturated/α-hetero) is 1. The molecule has 16 nitrogen and oxygen atoms in total. The summed E-state index contributed by atoms with van der Waals surface area (Å²) in [6, 6.07) is 4.71. The molecule has 0 radical (unpaired) electrons. The van der Waals surface area contributed by atoms with Gasteiger partial charge in [-0.25, -0.2) is 18.2 Å². The van der Waals surface area contributed by atoms with Crippen molar-refractivity contribution in [3.63, 3.8) is 0 Å². The number of carboxylic acid groups (broad SMARTS) is 2. The Morgan fingerprint density at radius 2 is 1.72 bits per heavy atom. The fourth-order valence-electron chi connectivity index (χ4n) is 4.97. The maximum absolute atomic E-state index is 13.3. The molecule has 1 saturated heterocycles. The standard InChI is InChI=1S/C22H30N6O4S.C7H10O6/c1-5-7-17-19-20(27(4)25-17)22(29)24-21(23-19)16-14-15(8-9-18(16)32-6-2)33(30,31)28-12-10-26(3)11-13-28;1-4(8)2-7(13,6(11)12)3-5(9)10/h8-9,14H,5-7,10-13H2,1-4H3,(H,23,24,29);13H,2-3H2,1H3,(H,9,10)(H,11,12). The van der Waals surface area contributed by atoms with E-state index in [9.17, 15) is 32.7 Å². The van der Waals surface area contributed by atoms with E-state index in [4.69, 9.17) is 19.9 Å². The van der Waals surface area contributed by atoms with Gasteiger partial charge in [-0.1, -0.05) is 13.3 Å². The molecule has 0 bridgehead atoms. The molecule has 1 atom stereocenters. The summed E-state index contributed by atoms with van der Waals surface area (Å²) >= 11 is 0. The summed E-state index contributed by atoms with van der Waals surface area (Å²) in [7, 11) is -0.00831. The van der Waals surface area contributed by atoms with Gasteiger partial charge >= 0.3 is 11.9 Å². The van der Waals surface area contributed by atoms with Crippen molar-refractivity contribution in [3.05, 3.63) is 34.2 Å². The van der Waals surface area contributed by atoms with Gasteiger partial charge in [0.05, 0.1) is 29.2 Å². The van der Waals surface area contributed by atoms with Crippen molar-refractivity contribution in [2.45, 2.75) is 57.0 Å². The monoisotopic (exact) mass is 664 g/mol. The van der Waals surface area contributed by atoms with Crippen LogP contribution < -0.4 is 10.3 Å². The molecule has 0 spiro atoms. The van der Waals surface area contributed by atoms with Gasteiger partial charge in [0.2, 0.25) is 10.0 Å². The number of aliphatic hydroxyl groups is 1. The lowest BCUT2D eigenvalue weighted by Gasteiger charge is -2.31. The second-order valence-corrected chi connectivity index (χ2v) is 13.0. The number of aryl methyl sites for hydroxylation is 2. The Morgan fingerprint density at radius 3 is 2.26 bits per heavy atom. The fourth-order valence-corrected chi connectivity index (χ4v) is 6.42. The van der Waals surface area contributed by atoms with Gasteiger partial charge < -0.3 is 29.9 Å². The summed E-state index contributed by atoms with van der Waals surface area (Å²) in [5, 5.41) is 30.4. The first-order valence-corrected chi connectivity index (χ1v) is 16.1. The number of H-pyrrole nitrogens is 1. The van der Waals surface area contributed by atoms with Crippen molar-refractivity contribution in [2.75, 3.05) is 39.8 Å². The Hall–Kier alpha value is -4.19. The number of benzene rings is 1. The number of rotatable bonds is 12. The molecule has 252 valence electrons. The number of nitrogens with one attached hydrogen (secondary N) is 1. The molecule has 0 aliphatic carbocycles. The quantitative estimate of drug-likeness (QED) is 0.211. The SMILES string of the molecule is CC(=O)CC(O)(CC(=O)O)C(=O)O.CCCc1nn(C)c2c(=O)[nH]c(-c3cc(S(=O)(=O)N4CCN(C)CC4)ccc3OCC)nc12. The van der Waals surface area contributed by atoms with Crippen LogP contribution in [-0.2, 0) is 37.9 Å². The average Bonchev–Trinajstić information content (AvgIpc) is 3.28. The van der Waals surface area contributed by atoms with Crippen molar-refractivity contribution >= 4 is 38.8 Å². The minimum atomic E-state index is -3.70. The van der Waals surface area contributed by atoms with Crippen molar-refractivity contribution in [3.8, 4) is 17.1 Å². The summed E-state index contributed by atoms with van der Waals surface area (Å²) in [5.41, 5.74) is -0.743. The Balaban J connectivity index is 0.000000376. The number of nitrogens with zero attached hydrogens (tertiary/aromatic N) is 5. The fraction of sp³-hybridized carbons (Fsp3) is 0.517. The number of piperazine rings is 1. The number of ketones is 1. The predicted molar refractivity (Wildman–Crippen MR) is 166 cm³/mol. The highest BCUT2D eigenvalue weighted by atomic mass is 32.2. The molecule has 17 heteroatoms. The second-order valence-electron chi connectivity index (χ2n) is 11.0. The number of hydrogen-bond acceptors (Lipinski definition) is 11. The van der Waals surface area contributed by atoms with E-state index in [1.807, 2.05) is 20.9 Å². The largest absolute Gasteiger partial charge is 0.493 e. The van der Waals surface area contributed by atoms with Crippen LogP contribution in [0.3, 0.4) is 0 Å². The number of likely N-dealkylation sites (N-methyl/N-ethyl adjacent to an activating group) is 1. The number of aliphatic carboxylic acids is 2. The highest BCUT2D eigenvalue weighted by molar-refractivity contribution is 7.89. The van der Waals surface area contributed by atoms with E-state index in [0.29, 0.717) is 61.6 Å². The smallest absolute Gasteiger partial charge is 0.336 e. The Labute approximate surface area is 265 Å². The third-order valence-corrected chi connectivity index (χ3v) is 9.13. The Bertz CT molecular complexity index is 1740. The Morgan fingerprint density at radius 1 is 1.07 bits per heavy atom. The van der Waals surface area contributed by atoms with Gasteiger partial charge in [0, 0.05) is 39.6 Å². The van der Waals surface area contributed by atoms with Crippen LogP contribution in [-0.4, -0.2) is 116 Å². The molecule has 3 heterocycles. The minimum Gasteiger partial charge on any atom is -0.493 e. The van der Waals surface area contributed by atoms with Crippen LogP contribution in [0.25, 0.3) is 22.4 Å². The first-order chi connectivity index (χ1) is 21.5. The number of fused-ring (bicyclic) bond motifs is 1. The number of aromatic amines is 1. The van der Waals surface area contributed by atoms with Crippen LogP contribution in [0.5, 0.6) is 5.75 Å². The van der Waals surface area contributed by atoms with Crippen molar-refractivity contribution in [2.24, 2.45) is 7.05 Å². The van der Waals surface area contributed by atoms with Crippen molar-refractivity contribution in [1.29, 1.82) is 0 Å². The van der Waals surface area contributed by atoms with Crippen molar-refractivity contribution < 1.29 is 42.9 Å². The molecule has 4 rings (SSSR count). The van der Waals surface area contributed by atoms with Gasteiger partial charge in [0.25, 0.3) is 5.56 Å². The number of sulfonamides is 1.